The fourth-order valence-electron chi connectivity index (χ4n) is 3.37. The fourth-order valence-corrected chi connectivity index (χ4v) is 3.37. The predicted molar refractivity (Wildman–Crippen MR) is 112 cm³/mol. The minimum absolute atomic E-state index is 0.0565. The molecule has 1 amide bonds. The molecule has 0 aliphatic carbocycles. The summed E-state index contributed by atoms with van der Waals surface area (Å²) in [5.41, 5.74) is 1.50. The topological polar surface area (TPSA) is 68.6 Å². The third kappa shape index (κ3) is 4.68. The van der Waals surface area contributed by atoms with Crippen molar-refractivity contribution in [2.75, 3.05) is 33.8 Å². The number of nitrogens with one attached hydrogen (secondary N) is 1. The molecule has 1 aliphatic heterocycles. The Balaban J connectivity index is 1.39. The summed E-state index contributed by atoms with van der Waals surface area (Å²) in [6, 6.07) is 13.3. The second-order valence-electron chi connectivity index (χ2n) is 7.54. The van der Waals surface area contributed by atoms with Gasteiger partial charge in [0.15, 0.2) is 17.6 Å². The quantitative estimate of drug-likeness (QED) is 0.624. The van der Waals surface area contributed by atoms with Crippen LogP contribution in [0.2, 0.25) is 0 Å². The van der Waals surface area contributed by atoms with Crippen LogP contribution in [0.15, 0.2) is 48.7 Å². The number of carbonyl (C=O) groups is 1. The smallest absolute Gasteiger partial charge is 0.251 e. The minimum atomic E-state index is -0.112. The maximum atomic E-state index is 12.4. The predicted octanol–water partition coefficient (Wildman–Crippen LogP) is 2.56. The van der Waals surface area contributed by atoms with Gasteiger partial charge in [-0.3, -0.25) is 9.48 Å². The number of rotatable bonds is 7. The van der Waals surface area contributed by atoms with Gasteiger partial charge < -0.3 is 19.7 Å². The molecule has 2 aromatic carbocycles. The van der Waals surface area contributed by atoms with E-state index in [0.717, 1.165) is 35.4 Å². The average molecular weight is 394 g/mol. The highest BCUT2D eigenvalue weighted by atomic mass is 16.6. The summed E-state index contributed by atoms with van der Waals surface area (Å²) in [5.74, 6) is 1.48. The van der Waals surface area contributed by atoms with E-state index < -0.39 is 0 Å². The lowest BCUT2D eigenvalue weighted by molar-refractivity contribution is 0.0760. The number of hydrogen-bond donors (Lipinski definition) is 1. The Bertz CT molecular complexity index is 999. The molecule has 7 nitrogen and oxygen atoms in total. The molecule has 1 aromatic heterocycles. The maximum absolute atomic E-state index is 12.4. The largest absolute Gasteiger partial charge is 0.486 e. The summed E-state index contributed by atoms with van der Waals surface area (Å²) in [4.78, 5) is 14.5. The standard InChI is InChI=1S/C22H26N4O3/c1-25(2)11-5-10-23-22(27)16-8-9-19-17(12-16)13-26(24-19)14-18-15-28-20-6-3-4-7-21(20)29-18/h3-4,6-9,12-13,18H,5,10-11,14-15H2,1-2H3,(H,23,27). The molecule has 7 heteroatoms. The van der Waals surface area contributed by atoms with Gasteiger partial charge in [-0.2, -0.15) is 5.10 Å². The Labute approximate surface area is 170 Å². The lowest BCUT2D eigenvalue weighted by atomic mass is 10.1. The van der Waals surface area contributed by atoms with E-state index >= 15 is 0 Å². The molecule has 152 valence electrons. The highest BCUT2D eigenvalue weighted by Gasteiger charge is 2.21. The first-order valence-electron chi connectivity index (χ1n) is 9.87. The highest BCUT2D eigenvalue weighted by molar-refractivity contribution is 5.97. The molecule has 0 radical (unpaired) electrons. The van der Waals surface area contributed by atoms with Crippen molar-refractivity contribution in [1.82, 2.24) is 20.0 Å². The molecule has 2 heterocycles. The monoisotopic (exact) mass is 394 g/mol. The molecule has 0 bridgehead atoms. The Morgan fingerprint density at radius 1 is 1.24 bits per heavy atom. The zero-order valence-electron chi connectivity index (χ0n) is 16.8. The zero-order chi connectivity index (χ0) is 20.2. The third-order valence-electron chi connectivity index (χ3n) is 4.84. The number of ether oxygens (including phenoxy) is 2. The Morgan fingerprint density at radius 2 is 2.07 bits per heavy atom. The van der Waals surface area contributed by atoms with E-state index in [-0.39, 0.29) is 12.0 Å². The first kappa shape index (κ1) is 19.3. The van der Waals surface area contributed by atoms with Gasteiger partial charge in [-0.25, -0.2) is 0 Å². The number of amides is 1. The van der Waals surface area contributed by atoms with Crippen molar-refractivity contribution in [2.24, 2.45) is 0 Å². The summed E-state index contributed by atoms with van der Waals surface area (Å²) in [6.45, 7) is 2.67. The zero-order valence-corrected chi connectivity index (χ0v) is 16.8. The summed E-state index contributed by atoms with van der Waals surface area (Å²) < 4.78 is 13.6. The van der Waals surface area contributed by atoms with Crippen LogP contribution in [0.1, 0.15) is 16.8 Å². The van der Waals surface area contributed by atoms with Crippen LogP contribution in [-0.4, -0.2) is 60.5 Å². The summed E-state index contributed by atoms with van der Waals surface area (Å²) in [6.07, 6.45) is 2.76. The Kier molecular flexibility index (Phi) is 5.67. The van der Waals surface area contributed by atoms with Crippen LogP contribution in [0.3, 0.4) is 0 Å². The van der Waals surface area contributed by atoms with E-state index in [9.17, 15) is 4.79 Å². The molecule has 0 fully saturated rings. The minimum Gasteiger partial charge on any atom is -0.486 e. The van der Waals surface area contributed by atoms with Gasteiger partial charge in [0.25, 0.3) is 5.91 Å². The molecule has 29 heavy (non-hydrogen) atoms. The van der Waals surface area contributed by atoms with Crippen molar-refractivity contribution in [3.63, 3.8) is 0 Å². The average Bonchev–Trinajstić information content (AvgIpc) is 3.12. The van der Waals surface area contributed by atoms with E-state index in [0.29, 0.717) is 25.3 Å². The highest BCUT2D eigenvalue weighted by Crippen LogP contribution is 2.31. The van der Waals surface area contributed by atoms with Crippen LogP contribution in [0.5, 0.6) is 11.5 Å². The molecule has 3 aromatic rings. The van der Waals surface area contributed by atoms with Gasteiger partial charge in [0.05, 0.1) is 12.1 Å². The number of nitrogens with zero attached hydrogens (tertiary/aromatic N) is 3. The third-order valence-corrected chi connectivity index (χ3v) is 4.84. The van der Waals surface area contributed by atoms with E-state index in [4.69, 9.17) is 9.47 Å². The van der Waals surface area contributed by atoms with Crippen LogP contribution in [0.4, 0.5) is 0 Å². The molecular formula is C22H26N4O3. The van der Waals surface area contributed by atoms with Gasteiger partial charge in [0.2, 0.25) is 0 Å². The molecule has 1 unspecified atom stereocenters. The normalized spacial score (nSPS) is 15.6. The van der Waals surface area contributed by atoms with Crippen molar-refractivity contribution in [2.45, 2.75) is 19.1 Å². The van der Waals surface area contributed by atoms with E-state index in [1.165, 1.54) is 0 Å². The van der Waals surface area contributed by atoms with E-state index in [1.54, 1.807) is 0 Å². The van der Waals surface area contributed by atoms with Crippen LogP contribution in [-0.2, 0) is 6.54 Å². The first-order chi connectivity index (χ1) is 14.1. The van der Waals surface area contributed by atoms with Gasteiger partial charge in [-0.15, -0.1) is 0 Å². The van der Waals surface area contributed by atoms with Crippen LogP contribution in [0, 0.1) is 0 Å². The van der Waals surface area contributed by atoms with Crippen molar-refractivity contribution in [1.29, 1.82) is 0 Å². The molecule has 1 aliphatic rings. The van der Waals surface area contributed by atoms with Gasteiger partial charge in [-0.1, -0.05) is 12.1 Å². The number of benzene rings is 2. The van der Waals surface area contributed by atoms with Crippen LogP contribution >= 0.6 is 0 Å². The van der Waals surface area contributed by atoms with Gasteiger partial charge in [-0.05, 0) is 57.4 Å². The van der Waals surface area contributed by atoms with Gasteiger partial charge in [0.1, 0.15) is 6.61 Å². The Morgan fingerprint density at radius 3 is 2.90 bits per heavy atom. The van der Waals surface area contributed by atoms with E-state index in [1.807, 2.05) is 67.4 Å². The number of hydrogen-bond acceptors (Lipinski definition) is 5. The fraction of sp³-hybridized carbons (Fsp3) is 0.364. The number of fused-ring (bicyclic) bond motifs is 2. The maximum Gasteiger partial charge on any atom is 0.251 e. The van der Waals surface area contributed by atoms with Gasteiger partial charge in [0, 0.05) is 23.7 Å². The molecule has 1 atom stereocenters. The van der Waals surface area contributed by atoms with Crippen LogP contribution < -0.4 is 14.8 Å². The second-order valence-corrected chi connectivity index (χ2v) is 7.54. The summed E-state index contributed by atoms with van der Waals surface area (Å²) in [7, 11) is 4.05. The molecule has 1 N–H and O–H groups in total. The van der Waals surface area contributed by atoms with Gasteiger partial charge >= 0.3 is 0 Å². The van der Waals surface area contributed by atoms with Crippen molar-refractivity contribution in [3.05, 3.63) is 54.2 Å². The molecular weight excluding hydrogens is 368 g/mol. The summed E-state index contributed by atoms with van der Waals surface area (Å²) in [5, 5.41) is 8.51. The lowest BCUT2D eigenvalue weighted by Crippen LogP contribution is -2.33. The van der Waals surface area contributed by atoms with Crippen molar-refractivity contribution in [3.8, 4) is 11.5 Å². The lowest BCUT2D eigenvalue weighted by Gasteiger charge is -2.26. The number of carbonyl (C=O) groups excluding carboxylic acids is 1. The second kappa shape index (κ2) is 8.53. The number of aromatic nitrogens is 2. The first-order valence-corrected chi connectivity index (χ1v) is 9.87. The molecule has 0 saturated carbocycles. The van der Waals surface area contributed by atoms with Crippen molar-refractivity contribution < 1.29 is 14.3 Å². The number of para-hydroxylation sites is 2. The van der Waals surface area contributed by atoms with Crippen LogP contribution in [0.25, 0.3) is 10.9 Å². The summed E-state index contributed by atoms with van der Waals surface area (Å²) >= 11 is 0. The van der Waals surface area contributed by atoms with Crippen molar-refractivity contribution >= 4 is 16.8 Å². The molecule has 0 spiro atoms. The SMILES string of the molecule is CN(C)CCCNC(=O)c1ccc2nn(CC3COc4ccccc4O3)cc2c1. The molecule has 4 rings (SSSR count). The Hall–Kier alpha value is -3.06. The molecule has 0 saturated heterocycles. The van der Waals surface area contributed by atoms with E-state index in [2.05, 4.69) is 15.3 Å².